The fourth-order valence-corrected chi connectivity index (χ4v) is 2.22. The van der Waals surface area contributed by atoms with Gasteiger partial charge in [-0.2, -0.15) is 5.10 Å². The summed E-state index contributed by atoms with van der Waals surface area (Å²) < 4.78 is 1.59. The van der Waals surface area contributed by atoms with Crippen LogP contribution in [0.15, 0.2) is 0 Å². The van der Waals surface area contributed by atoms with Crippen LogP contribution in [0.25, 0.3) is 0 Å². The van der Waals surface area contributed by atoms with E-state index in [4.69, 9.17) is 11.6 Å². The molecule has 0 spiro atoms. The van der Waals surface area contributed by atoms with E-state index in [1.54, 1.807) is 32.5 Å². The molecule has 5 nitrogen and oxygen atoms in total. The highest BCUT2D eigenvalue weighted by molar-refractivity contribution is 6.33. The third-order valence-corrected chi connectivity index (χ3v) is 2.93. The lowest BCUT2D eigenvalue weighted by Gasteiger charge is -2.25. The summed E-state index contributed by atoms with van der Waals surface area (Å²) in [5, 5.41) is 14.3. The predicted octanol–water partition coefficient (Wildman–Crippen LogP) is 1.71. The van der Waals surface area contributed by atoms with Crippen molar-refractivity contribution >= 4 is 17.5 Å². The summed E-state index contributed by atoms with van der Waals surface area (Å²) >= 11 is 6.13. The summed E-state index contributed by atoms with van der Waals surface area (Å²) in [4.78, 5) is 13.7. The van der Waals surface area contributed by atoms with Gasteiger partial charge in [0.2, 0.25) is 0 Å². The first-order valence-electron chi connectivity index (χ1n) is 5.88. The maximum atomic E-state index is 12.3. The van der Waals surface area contributed by atoms with E-state index in [2.05, 4.69) is 5.10 Å². The minimum absolute atomic E-state index is 0.223. The molecule has 0 aliphatic carbocycles. The Bertz CT molecular complexity index is 449. The van der Waals surface area contributed by atoms with Gasteiger partial charge in [0.15, 0.2) is 0 Å². The summed E-state index contributed by atoms with van der Waals surface area (Å²) in [7, 11) is 1.64. The number of carbonyl (C=O) groups excluding carboxylic acids is 1. The van der Waals surface area contributed by atoms with E-state index in [1.807, 2.05) is 6.92 Å². The van der Waals surface area contributed by atoms with Gasteiger partial charge >= 0.3 is 0 Å². The van der Waals surface area contributed by atoms with Crippen LogP contribution in [0.4, 0.5) is 0 Å². The molecule has 0 aliphatic rings. The molecular formula is C12H20ClN3O2. The number of hydrogen-bond donors (Lipinski definition) is 1. The molecule has 1 aromatic heterocycles. The zero-order valence-corrected chi connectivity index (χ0v) is 12.2. The molecule has 0 radical (unpaired) electrons. The second-order valence-electron chi connectivity index (χ2n) is 5.04. The summed E-state index contributed by atoms with van der Waals surface area (Å²) in [6.07, 6.45) is 0. The SMILES string of the molecule is CCn1nc(C)c(C(=O)N(C)CC(C)(C)O)c1Cl. The molecule has 1 rings (SSSR count). The number of aryl methyl sites for hydroxylation is 2. The largest absolute Gasteiger partial charge is 0.389 e. The number of aliphatic hydroxyl groups is 1. The second-order valence-corrected chi connectivity index (χ2v) is 5.40. The van der Waals surface area contributed by atoms with Crippen LogP contribution < -0.4 is 0 Å². The monoisotopic (exact) mass is 273 g/mol. The van der Waals surface area contributed by atoms with Crippen LogP contribution in [0, 0.1) is 6.92 Å². The Balaban J connectivity index is 3.01. The third-order valence-electron chi connectivity index (χ3n) is 2.55. The quantitative estimate of drug-likeness (QED) is 0.909. The molecule has 0 atom stereocenters. The lowest BCUT2D eigenvalue weighted by atomic mass is 10.1. The van der Waals surface area contributed by atoms with Crippen molar-refractivity contribution in [1.82, 2.24) is 14.7 Å². The van der Waals surface area contributed by atoms with Gasteiger partial charge in [0.05, 0.1) is 16.9 Å². The van der Waals surface area contributed by atoms with Gasteiger partial charge in [-0.3, -0.25) is 9.48 Å². The molecule has 0 bridgehead atoms. The van der Waals surface area contributed by atoms with Crippen LogP contribution in [-0.4, -0.2) is 44.9 Å². The first kappa shape index (κ1) is 15.0. The molecule has 0 aliphatic heterocycles. The highest BCUT2D eigenvalue weighted by Gasteiger charge is 2.25. The Morgan fingerprint density at radius 1 is 1.56 bits per heavy atom. The molecule has 1 heterocycles. The molecule has 102 valence electrons. The van der Waals surface area contributed by atoms with Crippen molar-refractivity contribution in [3.8, 4) is 0 Å². The van der Waals surface area contributed by atoms with Crippen molar-refractivity contribution in [2.75, 3.05) is 13.6 Å². The highest BCUT2D eigenvalue weighted by atomic mass is 35.5. The molecule has 18 heavy (non-hydrogen) atoms. The van der Waals surface area contributed by atoms with E-state index in [1.165, 1.54) is 4.90 Å². The predicted molar refractivity (Wildman–Crippen MR) is 70.9 cm³/mol. The number of likely N-dealkylation sites (N-methyl/N-ethyl adjacent to an activating group) is 1. The van der Waals surface area contributed by atoms with Gasteiger partial charge in [-0.05, 0) is 27.7 Å². The van der Waals surface area contributed by atoms with E-state index in [-0.39, 0.29) is 12.5 Å². The molecule has 0 saturated carbocycles. The smallest absolute Gasteiger partial charge is 0.258 e. The lowest BCUT2D eigenvalue weighted by molar-refractivity contribution is 0.0367. The Morgan fingerprint density at radius 2 is 2.11 bits per heavy atom. The fourth-order valence-electron chi connectivity index (χ4n) is 1.85. The number of carbonyl (C=O) groups is 1. The van der Waals surface area contributed by atoms with E-state index in [0.717, 1.165) is 0 Å². The first-order valence-corrected chi connectivity index (χ1v) is 6.26. The van der Waals surface area contributed by atoms with Crippen LogP contribution in [-0.2, 0) is 6.54 Å². The number of aromatic nitrogens is 2. The van der Waals surface area contributed by atoms with Crippen LogP contribution >= 0.6 is 11.6 Å². The number of rotatable bonds is 4. The maximum absolute atomic E-state index is 12.3. The van der Waals surface area contributed by atoms with Crippen molar-refractivity contribution in [3.05, 3.63) is 16.4 Å². The highest BCUT2D eigenvalue weighted by Crippen LogP contribution is 2.21. The van der Waals surface area contributed by atoms with Gasteiger partial charge in [-0.1, -0.05) is 11.6 Å². The summed E-state index contributed by atoms with van der Waals surface area (Å²) in [6.45, 7) is 7.82. The lowest BCUT2D eigenvalue weighted by Crippen LogP contribution is -2.39. The van der Waals surface area contributed by atoms with Crippen LogP contribution in [0.1, 0.15) is 36.8 Å². The van der Waals surface area contributed by atoms with Crippen molar-refractivity contribution in [3.63, 3.8) is 0 Å². The normalized spacial score (nSPS) is 11.7. The minimum Gasteiger partial charge on any atom is -0.389 e. The van der Waals surface area contributed by atoms with Gasteiger partial charge in [-0.15, -0.1) is 0 Å². The summed E-state index contributed by atoms with van der Waals surface area (Å²) in [5.74, 6) is -0.223. The van der Waals surface area contributed by atoms with Gasteiger partial charge in [-0.25, -0.2) is 0 Å². The molecule has 6 heteroatoms. The number of halogens is 1. The first-order chi connectivity index (χ1) is 8.17. The van der Waals surface area contributed by atoms with Crippen LogP contribution in [0.5, 0.6) is 0 Å². The van der Waals surface area contributed by atoms with Crippen molar-refractivity contribution in [1.29, 1.82) is 0 Å². The Morgan fingerprint density at radius 3 is 2.50 bits per heavy atom. The third kappa shape index (κ3) is 3.23. The fraction of sp³-hybridized carbons (Fsp3) is 0.667. The Hall–Kier alpha value is -1.07. The Labute approximate surface area is 112 Å². The number of amides is 1. The van der Waals surface area contributed by atoms with Crippen molar-refractivity contribution < 1.29 is 9.90 Å². The number of hydrogen-bond acceptors (Lipinski definition) is 3. The standard InChI is InChI=1S/C12H20ClN3O2/c1-6-16-10(13)9(8(2)14-16)11(17)15(5)7-12(3,4)18/h18H,6-7H2,1-5H3. The van der Waals surface area contributed by atoms with Crippen molar-refractivity contribution in [2.45, 2.75) is 39.8 Å². The zero-order chi connectivity index (χ0) is 14.1. The second kappa shape index (κ2) is 5.28. The van der Waals surface area contributed by atoms with E-state index >= 15 is 0 Å². The van der Waals surface area contributed by atoms with Gasteiger partial charge < -0.3 is 10.0 Å². The molecule has 0 unspecified atom stereocenters. The topological polar surface area (TPSA) is 58.4 Å². The average molecular weight is 274 g/mol. The van der Waals surface area contributed by atoms with Gasteiger partial charge in [0.1, 0.15) is 5.15 Å². The van der Waals surface area contributed by atoms with Gasteiger partial charge in [0, 0.05) is 20.1 Å². The van der Waals surface area contributed by atoms with Crippen LogP contribution in [0.3, 0.4) is 0 Å². The molecule has 0 aromatic carbocycles. The molecule has 1 amide bonds. The zero-order valence-electron chi connectivity index (χ0n) is 11.5. The van der Waals surface area contributed by atoms with E-state index in [0.29, 0.717) is 23.0 Å². The maximum Gasteiger partial charge on any atom is 0.258 e. The molecule has 1 N–H and O–H groups in total. The summed E-state index contributed by atoms with van der Waals surface area (Å²) in [6, 6.07) is 0. The average Bonchev–Trinajstić information content (AvgIpc) is 2.50. The van der Waals surface area contributed by atoms with Crippen LogP contribution in [0.2, 0.25) is 5.15 Å². The van der Waals surface area contributed by atoms with E-state index < -0.39 is 5.60 Å². The molecule has 0 fully saturated rings. The van der Waals surface area contributed by atoms with Crippen molar-refractivity contribution in [2.24, 2.45) is 0 Å². The molecule has 1 aromatic rings. The number of nitrogens with zero attached hydrogens (tertiary/aromatic N) is 3. The molecule has 0 saturated heterocycles. The minimum atomic E-state index is -0.939. The van der Waals surface area contributed by atoms with E-state index in [9.17, 15) is 9.90 Å². The molecular weight excluding hydrogens is 254 g/mol. The summed E-state index contributed by atoms with van der Waals surface area (Å²) in [5.41, 5.74) is 0.0747. The van der Waals surface area contributed by atoms with Gasteiger partial charge in [0.25, 0.3) is 5.91 Å². The Kier molecular flexibility index (Phi) is 4.40.